The molecule has 3 atom stereocenters. The smallest absolute Gasteiger partial charge is 0.323 e. The van der Waals surface area contributed by atoms with Crippen LogP contribution in [0, 0.1) is 23.2 Å². The highest BCUT2D eigenvalue weighted by Crippen LogP contribution is 2.50. The van der Waals surface area contributed by atoms with Gasteiger partial charge in [0.1, 0.15) is 0 Å². The lowest BCUT2D eigenvalue weighted by Gasteiger charge is -2.24. The van der Waals surface area contributed by atoms with Crippen LogP contribution in [0.5, 0.6) is 0 Å². The number of methoxy groups -OCH3 is 2. The number of rotatable bonds is 7. The van der Waals surface area contributed by atoms with Crippen molar-refractivity contribution in [2.75, 3.05) is 20.8 Å². The molecule has 5 heteroatoms. The van der Waals surface area contributed by atoms with Crippen LogP contribution in [0.25, 0.3) is 0 Å². The van der Waals surface area contributed by atoms with Gasteiger partial charge in [0, 0.05) is 12.5 Å². The Hall–Kier alpha value is -1.62. The SMILES string of the molecule is C=C[C@H](CO)[C@@H]1CC(C(=O)OC)(C(=O)OC)C[C@H]1/C=C/CC. The molecule has 0 aromatic rings. The Bertz CT molecular complexity index is 424. The van der Waals surface area contributed by atoms with Crippen LogP contribution in [0.3, 0.4) is 0 Å². The molecule has 0 radical (unpaired) electrons. The van der Waals surface area contributed by atoms with Crippen LogP contribution in [0.1, 0.15) is 26.2 Å². The van der Waals surface area contributed by atoms with Crippen molar-refractivity contribution in [3.8, 4) is 0 Å². The first kappa shape index (κ1) is 18.4. The molecule has 5 nitrogen and oxygen atoms in total. The molecule has 0 amide bonds. The van der Waals surface area contributed by atoms with Crippen LogP contribution < -0.4 is 0 Å². The van der Waals surface area contributed by atoms with E-state index in [0.29, 0.717) is 12.8 Å². The van der Waals surface area contributed by atoms with E-state index in [1.807, 2.05) is 19.1 Å². The molecule has 0 saturated heterocycles. The van der Waals surface area contributed by atoms with Crippen LogP contribution >= 0.6 is 0 Å². The topological polar surface area (TPSA) is 72.8 Å². The molecule has 1 aliphatic rings. The minimum atomic E-state index is -1.30. The zero-order valence-corrected chi connectivity index (χ0v) is 13.6. The summed E-state index contributed by atoms with van der Waals surface area (Å²) >= 11 is 0. The summed E-state index contributed by atoms with van der Waals surface area (Å²) in [6.45, 7) is 5.71. The fourth-order valence-electron chi connectivity index (χ4n) is 3.37. The molecule has 0 unspecified atom stereocenters. The standard InChI is InChI=1S/C17H26O5/c1-5-7-8-13-9-17(15(19)21-3,16(20)22-4)10-14(13)12(6-2)11-18/h6-8,12-14,18H,2,5,9-11H2,1,3-4H3/b8-7+/t12-,13-,14+/m1/s1. The number of carbonyl (C=O) groups excluding carboxylic acids is 2. The second-order valence-electron chi connectivity index (χ2n) is 5.72. The Morgan fingerprint density at radius 3 is 2.32 bits per heavy atom. The molecule has 1 aliphatic carbocycles. The predicted molar refractivity (Wildman–Crippen MR) is 82.9 cm³/mol. The number of aliphatic hydroxyl groups is 1. The quantitative estimate of drug-likeness (QED) is 0.443. The zero-order chi connectivity index (χ0) is 16.8. The van der Waals surface area contributed by atoms with Crippen molar-refractivity contribution in [2.45, 2.75) is 26.2 Å². The number of carbonyl (C=O) groups is 2. The molecule has 0 aromatic heterocycles. The van der Waals surface area contributed by atoms with Crippen LogP contribution in [0.4, 0.5) is 0 Å². The molecule has 124 valence electrons. The molecule has 0 bridgehead atoms. The Morgan fingerprint density at radius 2 is 1.91 bits per heavy atom. The Kier molecular flexibility index (Phi) is 6.81. The molecule has 1 rings (SSSR count). The third-order valence-electron chi connectivity index (χ3n) is 4.55. The van der Waals surface area contributed by atoms with Crippen molar-refractivity contribution in [3.05, 3.63) is 24.8 Å². The summed E-state index contributed by atoms with van der Waals surface area (Å²) in [6, 6.07) is 0. The lowest BCUT2D eigenvalue weighted by molar-refractivity contribution is -0.169. The largest absolute Gasteiger partial charge is 0.468 e. The minimum Gasteiger partial charge on any atom is -0.468 e. The van der Waals surface area contributed by atoms with Crippen LogP contribution in [0.15, 0.2) is 24.8 Å². The molecule has 1 fully saturated rings. The first-order valence-electron chi connectivity index (χ1n) is 7.57. The fourth-order valence-corrected chi connectivity index (χ4v) is 3.37. The van der Waals surface area contributed by atoms with Crippen molar-refractivity contribution in [1.82, 2.24) is 0 Å². The maximum atomic E-state index is 12.3. The van der Waals surface area contributed by atoms with Gasteiger partial charge in [-0.1, -0.05) is 25.2 Å². The van der Waals surface area contributed by atoms with E-state index in [-0.39, 0.29) is 24.4 Å². The summed E-state index contributed by atoms with van der Waals surface area (Å²) in [4.78, 5) is 24.5. The maximum Gasteiger partial charge on any atom is 0.323 e. The van der Waals surface area contributed by atoms with Gasteiger partial charge in [-0.15, -0.1) is 6.58 Å². The van der Waals surface area contributed by atoms with E-state index in [1.54, 1.807) is 6.08 Å². The highest BCUT2D eigenvalue weighted by atomic mass is 16.5. The first-order chi connectivity index (χ1) is 10.5. The number of esters is 2. The molecular formula is C17H26O5. The molecular weight excluding hydrogens is 284 g/mol. The predicted octanol–water partition coefficient (Wildman–Crippen LogP) is 2.11. The molecule has 0 aromatic carbocycles. The van der Waals surface area contributed by atoms with Crippen LogP contribution in [-0.4, -0.2) is 37.9 Å². The van der Waals surface area contributed by atoms with Crippen molar-refractivity contribution < 1.29 is 24.2 Å². The van der Waals surface area contributed by atoms with Gasteiger partial charge in [-0.2, -0.15) is 0 Å². The lowest BCUT2D eigenvalue weighted by Crippen LogP contribution is -2.39. The maximum absolute atomic E-state index is 12.3. The zero-order valence-electron chi connectivity index (χ0n) is 13.6. The molecule has 0 aliphatic heterocycles. The van der Waals surface area contributed by atoms with Crippen LogP contribution in [-0.2, 0) is 19.1 Å². The highest BCUT2D eigenvalue weighted by molar-refractivity contribution is 6.00. The minimum absolute atomic E-state index is 0.00620. The summed E-state index contributed by atoms with van der Waals surface area (Å²) in [5.74, 6) is -1.38. The van der Waals surface area contributed by atoms with Gasteiger partial charge in [0.15, 0.2) is 5.41 Å². The van der Waals surface area contributed by atoms with Gasteiger partial charge in [0.25, 0.3) is 0 Å². The Morgan fingerprint density at radius 1 is 1.32 bits per heavy atom. The summed E-state index contributed by atoms with van der Waals surface area (Å²) < 4.78 is 9.71. The molecule has 22 heavy (non-hydrogen) atoms. The van der Waals surface area contributed by atoms with E-state index in [1.165, 1.54) is 14.2 Å². The third-order valence-corrected chi connectivity index (χ3v) is 4.55. The Balaban J connectivity index is 3.22. The number of ether oxygens (including phenoxy) is 2. The van der Waals surface area contributed by atoms with Gasteiger partial charge >= 0.3 is 11.9 Å². The van der Waals surface area contributed by atoms with Crippen molar-refractivity contribution in [3.63, 3.8) is 0 Å². The van der Waals surface area contributed by atoms with Crippen molar-refractivity contribution in [1.29, 1.82) is 0 Å². The van der Waals surface area contributed by atoms with Crippen molar-refractivity contribution >= 4 is 11.9 Å². The molecule has 0 heterocycles. The average Bonchev–Trinajstić information content (AvgIpc) is 2.93. The van der Waals surface area contributed by atoms with Gasteiger partial charge in [0.05, 0.1) is 14.2 Å². The Labute approximate surface area is 132 Å². The average molecular weight is 310 g/mol. The normalized spacial score (nSPS) is 24.9. The summed E-state index contributed by atoms with van der Waals surface area (Å²) in [7, 11) is 2.54. The second kappa shape index (κ2) is 8.13. The van der Waals surface area contributed by atoms with Gasteiger partial charge in [0.2, 0.25) is 0 Å². The molecule has 0 spiro atoms. The van der Waals surface area contributed by atoms with Gasteiger partial charge in [-0.3, -0.25) is 9.59 Å². The van der Waals surface area contributed by atoms with E-state index in [0.717, 1.165) is 6.42 Å². The molecule has 1 saturated carbocycles. The van der Waals surface area contributed by atoms with Gasteiger partial charge in [-0.05, 0) is 31.1 Å². The summed E-state index contributed by atoms with van der Waals surface area (Å²) in [6.07, 6.45) is 7.21. The third kappa shape index (κ3) is 3.40. The van der Waals surface area contributed by atoms with Crippen LogP contribution in [0.2, 0.25) is 0 Å². The number of aliphatic hydroxyl groups excluding tert-OH is 1. The van der Waals surface area contributed by atoms with E-state index < -0.39 is 17.4 Å². The lowest BCUT2D eigenvalue weighted by atomic mass is 9.82. The van der Waals surface area contributed by atoms with E-state index in [2.05, 4.69) is 6.58 Å². The fraction of sp³-hybridized carbons (Fsp3) is 0.647. The highest BCUT2D eigenvalue weighted by Gasteiger charge is 2.57. The number of allylic oxidation sites excluding steroid dienone is 2. The first-order valence-corrected chi connectivity index (χ1v) is 7.57. The van der Waals surface area contributed by atoms with Gasteiger partial charge < -0.3 is 14.6 Å². The second-order valence-corrected chi connectivity index (χ2v) is 5.72. The monoisotopic (exact) mass is 310 g/mol. The van der Waals surface area contributed by atoms with E-state index in [4.69, 9.17) is 9.47 Å². The van der Waals surface area contributed by atoms with Crippen molar-refractivity contribution in [2.24, 2.45) is 23.2 Å². The van der Waals surface area contributed by atoms with E-state index in [9.17, 15) is 14.7 Å². The summed E-state index contributed by atoms with van der Waals surface area (Å²) in [5.41, 5.74) is -1.30. The van der Waals surface area contributed by atoms with Gasteiger partial charge in [-0.25, -0.2) is 0 Å². The number of hydrogen-bond acceptors (Lipinski definition) is 5. The number of hydrogen-bond donors (Lipinski definition) is 1. The summed E-state index contributed by atoms with van der Waals surface area (Å²) in [5, 5.41) is 9.56. The van der Waals surface area contributed by atoms with E-state index >= 15 is 0 Å². The molecule has 1 N–H and O–H groups in total.